The van der Waals surface area contributed by atoms with Crippen molar-refractivity contribution >= 4 is 15.0 Å². The predicted octanol–water partition coefficient (Wildman–Crippen LogP) is 12.3. The topological polar surface area (TPSA) is 17.1 Å². The van der Waals surface area contributed by atoms with Crippen LogP contribution in [0.2, 0.25) is 0 Å². The summed E-state index contributed by atoms with van der Waals surface area (Å²) in [5.41, 5.74) is 0.198. The first-order chi connectivity index (χ1) is 17.7. The molecular weight excluding hydrogens is 455 g/mol. The number of Topliss-reactive ketones (excluding diaryl/α,β-unsaturated/α-hetero) is 1. The second-order valence-corrected chi connectivity index (χ2v) is 12.2. The predicted molar refractivity (Wildman–Crippen MR) is 168 cm³/mol. The first kappa shape index (κ1) is 35.8. The SMILES string of the molecule is CCCCCCCC/C=C\CCCCCCC(P)C(=O)CCCCCCCCCCCCCCCC. The summed E-state index contributed by atoms with van der Waals surface area (Å²) in [4.78, 5) is 12.4. The van der Waals surface area contributed by atoms with Crippen molar-refractivity contribution in [2.75, 3.05) is 0 Å². The Morgan fingerprint density at radius 2 is 0.833 bits per heavy atom. The minimum atomic E-state index is 0.198. The van der Waals surface area contributed by atoms with E-state index in [1.807, 2.05) is 0 Å². The van der Waals surface area contributed by atoms with E-state index in [1.54, 1.807) is 0 Å². The molecular formula is C34H67OP. The number of rotatable bonds is 30. The van der Waals surface area contributed by atoms with E-state index >= 15 is 0 Å². The summed E-state index contributed by atoms with van der Waals surface area (Å²) in [5.74, 6) is 0.483. The number of unbranched alkanes of at least 4 members (excludes halogenated alkanes) is 23. The Balaban J connectivity index is 3.33. The van der Waals surface area contributed by atoms with E-state index in [9.17, 15) is 4.79 Å². The van der Waals surface area contributed by atoms with Crippen LogP contribution in [-0.4, -0.2) is 11.4 Å². The second kappa shape index (κ2) is 31.1. The van der Waals surface area contributed by atoms with E-state index in [0.717, 1.165) is 19.3 Å². The molecule has 0 N–H and O–H groups in total. The minimum absolute atomic E-state index is 0.198. The van der Waals surface area contributed by atoms with Gasteiger partial charge < -0.3 is 0 Å². The van der Waals surface area contributed by atoms with Crippen molar-refractivity contribution in [3.05, 3.63) is 12.2 Å². The van der Waals surface area contributed by atoms with Gasteiger partial charge in [-0.25, -0.2) is 0 Å². The van der Waals surface area contributed by atoms with Crippen molar-refractivity contribution < 1.29 is 4.79 Å². The molecule has 0 spiro atoms. The largest absolute Gasteiger partial charge is 0.299 e. The van der Waals surface area contributed by atoms with Gasteiger partial charge in [-0.05, 0) is 38.5 Å². The number of allylic oxidation sites excluding steroid dienone is 2. The maximum atomic E-state index is 12.4. The van der Waals surface area contributed by atoms with Crippen molar-refractivity contribution in [2.45, 2.75) is 199 Å². The monoisotopic (exact) mass is 522 g/mol. The van der Waals surface area contributed by atoms with Gasteiger partial charge >= 0.3 is 0 Å². The molecule has 0 heterocycles. The fourth-order valence-electron chi connectivity index (χ4n) is 5.10. The molecule has 0 aliphatic heterocycles. The van der Waals surface area contributed by atoms with Gasteiger partial charge in [0, 0.05) is 12.1 Å². The Bertz CT molecular complexity index is 458. The third kappa shape index (κ3) is 28.4. The van der Waals surface area contributed by atoms with Crippen molar-refractivity contribution in [2.24, 2.45) is 0 Å². The second-order valence-electron chi connectivity index (χ2n) is 11.4. The van der Waals surface area contributed by atoms with Crippen LogP contribution in [0.25, 0.3) is 0 Å². The molecule has 0 rings (SSSR count). The van der Waals surface area contributed by atoms with E-state index < -0.39 is 0 Å². The molecule has 0 fully saturated rings. The summed E-state index contributed by atoms with van der Waals surface area (Å²) in [6.07, 6.45) is 41.9. The van der Waals surface area contributed by atoms with Crippen LogP contribution in [0.1, 0.15) is 194 Å². The summed E-state index contributed by atoms with van der Waals surface area (Å²) < 4.78 is 0. The quantitative estimate of drug-likeness (QED) is 0.0520. The molecule has 1 nitrogen and oxygen atoms in total. The fraction of sp³-hybridized carbons (Fsp3) is 0.912. The molecule has 0 saturated heterocycles. The highest BCUT2D eigenvalue weighted by Gasteiger charge is 2.12. The molecule has 2 atom stereocenters. The van der Waals surface area contributed by atoms with Gasteiger partial charge in [-0.15, -0.1) is 9.24 Å². The van der Waals surface area contributed by atoms with E-state index in [-0.39, 0.29) is 5.66 Å². The van der Waals surface area contributed by atoms with Crippen LogP contribution in [-0.2, 0) is 4.79 Å². The van der Waals surface area contributed by atoms with Crippen molar-refractivity contribution in [3.63, 3.8) is 0 Å². The van der Waals surface area contributed by atoms with Crippen LogP contribution in [0.3, 0.4) is 0 Å². The van der Waals surface area contributed by atoms with Gasteiger partial charge in [-0.3, -0.25) is 4.79 Å². The van der Waals surface area contributed by atoms with Crippen LogP contribution in [0.15, 0.2) is 12.2 Å². The maximum absolute atomic E-state index is 12.4. The van der Waals surface area contributed by atoms with Crippen LogP contribution in [0.4, 0.5) is 0 Å². The molecule has 0 aliphatic carbocycles. The lowest BCUT2D eigenvalue weighted by molar-refractivity contribution is -0.118. The molecule has 0 saturated carbocycles. The smallest absolute Gasteiger partial charge is 0.139 e. The zero-order chi connectivity index (χ0) is 26.4. The molecule has 0 amide bonds. The van der Waals surface area contributed by atoms with Crippen LogP contribution in [0.5, 0.6) is 0 Å². The van der Waals surface area contributed by atoms with Gasteiger partial charge in [0.15, 0.2) is 0 Å². The maximum Gasteiger partial charge on any atom is 0.139 e. The van der Waals surface area contributed by atoms with Gasteiger partial charge in [0.25, 0.3) is 0 Å². The molecule has 36 heavy (non-hydrogen) atoms. The molecule has 214 valence electrons. The van der Waals surface area contributed by atoms with Crippen molar-refractivity contribution in [1.29, 1.82) is 0 Å². The lowest BCUT2D eigenvalue weighted by Crippen LogP contribution is -2.13. The number of hydrogen-bond acceptors (Lipinski definition) is 1. The molecule has 2 heteroatoms. The first-order valence-corrected chi connectivity index (χ1v) is 17.3. The van der Waals surface area contributed by atoms with Crippen LogP contribution >= 0.6 is 9.24 Å². The Hall–Kier alpha value is -0.160. The standard InChI is InChI=1S/C34H67OP/c1-3-5-7-9-11-13-15-17-19-21-23-25-27-29-31-33(35)34(36)32-30-28-26-24-22-20-18-16-14-12-10-8-6-4-2/h18,20,34H,3-17,19,21-32,36H2,1-2H3/b20-18-. The molecule has 0 aliphatic rings. The van der Waals surface area contributed by atoms with E-state index in [2.05, 4.69) is 35.2 Å². The van der Waals surface area contributed by atoms with Gasteiger partial charge in [0.05, 0.1) is 0 Å². The van der Waals surface area contributed by atoms with E-state index in [1.165, 1.54) is 161 Å². The first-order valence-electron chi connectivity index (χ1n) is 16.7. The van der Waals surface area contributed by atoms with Gasteiger partial charge in [-0.1, -0.05) is 161 Å². The highest BCUT2D eigenvalue weighted by atomic mass is 31.0. The fourth-order valence-corrected chi connectivity index (χ4v) is 5.50. The van der Waals surface area contributed by atoms with Gasteiger partial charge in [0.1, 0.15) is 5.78 Å². The minimum Gasteiger partial charge on any atom is -0.299 e. The van der Waals surface area contributed by atoms with E-state index in [0.29, 0.717) is 5.78 Å². The molecule has 0 aromatic heterocycles. The van der Waals surface area contributed by atoms with Gasteiger partial charge in [-0.2, -0.15) is 0 Å². The summed E-state index contributed by atoms with van der Waals surface area (Å²) in [5, 5.41) is 0. The van der Waals surface area contributed by atoms with Crippen molar-refractivity contribution in [3.8, 4) is 0 Å². The lowest BCUT2D eigenvalue weighted by atomic mass is 10.0. The average molecular weight is 523 g/mol. The highest BCUT2D eigenvalue weighted by molar-refractivity contribution is 7.19. The lowest BCUT2D eigenvalue weighted by Gasteiger charge is -2.10. The van der Waals surface area contributed by atoms with Crippen LogP contribution < -0.4 is 0 Å². The zero-order valence-corrected chi connectivity index (χ0v) is 26.2. The normalized spacial score (nSPS) is 12.5. The Morgan fingerprint density at radius 1 is 0.500 bits per heavy atom. The molecule has 0 aromatic carbocycles. The number of carbonyl (C=O) groups is 1. The Kier molecular flexibility index (Phi) is 30.9. The molecule has 0 bridgehead atoms. The zero-order valence-electron chi connectivity index (χ0n) is 25.0. The summed E-state index contributed by atoms with van der Waals surface area (Å²) >= 11 is 0. The van der Waals surface area contributed by atoms with Crippen LogP contribution in [0, 0.1) is 0 Å². The number of ketones is 1. The number of hydrogen-bond donors (Lipinski definition) is 0. The number of carbonyl (C=O) groups excluding carboxylic acids is 1. The molecule has 0 radical (unpaired) electrons. The third-order valence-corrected chi connectivity index (χ3v) is 8.42. The average Bonchev–Trinajstić information content (AvgIpc) is 2.88. The molecule has 0 aromatic rings. The van der Waals surface area contributed by atoms with E-state index in [4.69, 9.17) is 0 Å². The Labute approximate surface area is 231 Å². The van der Waals surface area contributed by atoms with Gasteiger partial charge in [0.2, 0.25) is 0 Å². The van der Waals surface area contributed by atoms with Crippen molar-refractivity contribution in [1.82, 2.24) is 0 Å². The summed E-state index contributed by atoms with van der Waals surface area (Å²) in [7, 11) is 2.83. The summed E-state index contributed by atoms with van der Waals surface area (Å²) in [6, 6.07) is 0. The summed E-state index contributed by atoms with van der Waals surface area (Å²) in [6.45, 7) is 4.57. The highest BCUT2D eigenvalue weighted by Crippen LogP contribution is 2.18. The molecule has 2 unspecified atom stereocenters. The Morgan fingerprint density at radius 3 is 1.25 bits per heavy atom. The third-order valence-electron chi connectivity index (χ3n) is 7.72.